The van der Waals surface area contributed by atoms with Gasteiger partial charge in [0, 0.05) is 11.9 Å². The summed E-state index contributed by atoms with van der Waals surface area (Å²) in [5, 5.41) is 39.7. The van der Waals surface area contributed by atoms with Crippen molar-refractivity contribution in [3.8, 4) is 11.3 Å². The number of rotatable bonds is 8. The maximum atomic E-state index is 12.5. The fourth-order valence-corrected chi connectivity index (χ4v) is 2.88. The number of anilines is 1. The van der Waals surface area contributed by atoms with Gasteiger partial charge in [-0.2, -0.15) is 0 Å². The molecule has 0 aliphatic rings. The predicted molar refractivity (Wildman–Crippen MR) is 106 cm³/mol. The summed E-state index contributed by atoms with van der Waals surface area (Å²) in [5.41, 5.74) is 1.05. The molecule has 3 rings (SSSR count). The number of H-pyrrole nitrogens is 1. The number of hydrogen-bond acceptors (Lipinski definition) is 8. The zero-order chi connectivity index (χ0) is 21.8. The van der Waals surface area contributed by atoms with Crippen LogP contribution >= 0.6 is 0 Å². The minimum atomic E-state index is -1.83. The first-order valence-corrected chi connectivity index (χ1v) is 8.84. The lowest BCUT2D eigenvalue weighted by Crippen LogP contribution is -2.49. The zero-order valence-electron chi connectivity index (χ0n) is 16.2. The molecule has 2 aromatic heterocycles. The summed E-state index contributed by atoms with van der Waals surface area (Å²) in [5.74, 6) is 0. The first-order valence-electron chi connectivity index (χ1n) is 9.29. The van der Waals surface area contributed by atoms with Crippen LogP contribution in [0.3, 0.4) is 0 Å². The lowest BCUT2D eigenvalue weighted by atomic mass is 10.0. The number of pyridine rings is 2. The van der Waals surface area contributed by atoms with Crippen molar-refractivity contribution >= 4 is 22.9 Å². The summed E-state index contributed by atoms with van der Waals surface area (Å²) in [6, 6.07) is 9.92. The Morgan fingerprint density at radius 2 is 1.97 bits per heavy atom. The Labute approximate surface area is 166 Å². The van der Waals surface area contributed by atoms with Crippen LogP contribution in [0.5, 0.6) is 0 Å². The number of aliphatic hydroxyl groups is 4. The second-order valence-electron chi connectivity index (χ2n) is 6.49. The SMILES string of the molecule is [2H]N(c1ccc2cc(-c3ccccn3)c(=O)[nH]c2c1)[C@@H](C=O)[C@@H](O)[C@H](O)[C@H](O)CO. The molecule has 9 nitrogen and oxygen atoms in total. The number of hydrogen-bond donors (Lipinski definition) is 6. The third-order valence-electron chi connectivity index (χ3n) is 4.49. The molecular weight excluding hydrogens is 378 g/mol. The Hall–Kier alpha value is -3.11. The van der Waals surface area contributed by atoms with Crippen molar-refractivity contribution in [3.05, 3.63) is 59.0 Å². The lowest BCUT2D eigenvalue weighted by molar-refractivity contribution is -0.117. The highest BCUT2D eigenvalue weighted by atomic mass is 16.4. The Balaban J connectivity index is 1.94. The highest BCUT2D eigenvalue weighted by Gasteiger charge is 2.31. The van der Waals surface area contributed by atoms with E-state index in [-0.39, 0.29) is 17.5 Å². The monoisotopic (exact) mass is 400 g/mol. The molecule has 0 spiro atoms. The maximum absolute atomic E-state index is 12.5. The van der Waals surface area contributed by atoms with Crippen LogP contribution in [0.4, 0.5) is 5.69 Å². The Morgan fingerprint density at radius 1 is 1.17 bits per heavy atom. The molecule has 9 heteroatoms. The second kappa shape index (κ2) is 8.93. The summed E-state index contributed by atoms with van der Waals surface area (Å²) in [4.78, 5) is 30.8. The number of nitrogens with one attached hydrogen (secondary N) is 2. The second-order valence-corrected chi connectivity index (χ2v) is 6.49. The standard InChI is InChI=1S/C20H21N3O6/c24-9-16(18(27)19(28)17(26)10-25)22-12-5-4-11-7-13(14-3-1-2-6-21-14)20(29)23-15(11)8-12/h1-9,16-19,22,25-28H,10H2,(H,23,29)/t16-,17+,18+,19+/m0/s1/i/hD. The molecule has 0 aliphatic carbocycles. The molecular formula is C20H21N3O6. The van der Waals surface area contributed by atoms with E-state index in [1.807, 2.05) is 0 Å². The molecule has 0 bridgehead atoms. The molecule has 6 N–H and O–H groups in total. The number of fused-ring (bicyclic) bond motifs is 1. The highest BCUT2D eigenvalue weighted by molar-refractivity contribution is 5.86. The van der Waals surface area contributed by atoms with E-state index in [0.717, 1.165) is 0 Å². The fourth-order valence-electron chi connectivity index (χ4n) is 2.88. The molecule has 0 radical (unpaired) electrons. The number of benzene rings is 1. The maximum Gasteiger partial charge on any atom is 0.257 e. The summed E-state index contributed by atoms with van der Waals surface area (Å²) in [6.07, 6.45) is -3.51. The normalized spacial score (nSPS) is 15.9. The molecule has 4 atom stereocenters. The van der Waals surface area contributed by atoms with Gasteiger partial charge in [-0.15, -0.1) is 0 Å². The third kappa shape index (κ3) is 4.49. The van der Waals surface area contributed by atoms with Crippen molar-refractivity contribution in [2.24, 2.45) is 0 Å². The van der Waals surface area contributed by atoms with Crippen LogP contribution in [0.25, 0.3) is 22.2 Å². The van der Waals surface area contributed by atoms with Crippen LogP contribution in [0.1, 0.15) is 0 Å². The summed E-state index contributed by atoms with van der Waals surface area (Å²) >= 11 is 0. The van der Waals surface area contributed by atoms with Crippen molar-refractivity contribution < 1.29 is 26.6 Å². The predicted octanol–water partition coefficient (Wildman–Crippen LogP) is -0.356. The summed E-state index contributed by atoms with van der Waals surface area (Å²) in [7, 11) is 0. The fraction of sp³-hybridized carbons (Fsp3) is 0.250. The average Bonchev–Trinajstić information content (AvgIpc) is 2.77. The number of aliphatic hydroxyl groups excluding tert-OH is 4. The molecule has 0 saturated heterocycles. The van der Waals surface area contributed by atoms with Crippen LogP contribution in [0, 0.1) is 0 Å². The van der Waals surface area contributed by atoms with Gasteiger partial charge < -0.3 is 35.5 Å². The molecule has 1 aromatic carbocycles. The van der Waals surface area contributed by atoms with Gasteiger partial charge in [-0.05, 0) is 35.7 Å². The quantitative estimate of drug-likeness (QED) is 0.280. The van der Waals surface area contributed by atoms with Crippen molar-refractivity contribution in [1.82, 2.24) is 9.97 Å². The Morgan fingerprint density at radius 3 is 2.62 bits per heavy atom. The van der Waals surface area contributed by atoms with Gasteiger partial charge in [0.1, 0.15) is 30.6 Å². The van der Waals surface area contributed by atoms with Crippen LogP contribution < -0.4 is 10.9 Å². The molecule has 3 aromatic rings. The van der Waals surface area contributed by atoms with Crippen LogP contribution in [0.15, 0.2) is 53.5 Å². The van der Waals surface area contributed by atoms with Crippen molar-refractivity contribution in [2.45, 2.75) is 24.4 Å². The largest absolute Gasteiger partial charge is 0.394 e. The summed E-state index contributed by atoms with van der Waals surface area (Å²) < 4.78 is 8.18. The van der Waals surface area contributed by atoms with Gasteiger partial charge in [-0.1, -0.05) is 12.1 Å². The van der Waals surface area contributed by atoms with Crippen LogP contribution in [-0.4, -0.2) is 67.6 Å². The highest BCUT2D eigenvalue weighted by Crippen LogP contribution is 2.21. The van der Waals surface area contributed by atoms with Crippen LogP contribution in [-0.2, 0) is 4.79 Å². The van der Waals surface area contributed by atoms with Gasteiger partial charge >= 0.3 is 0 Å². The molecule has 0 amide bonds. The first kappa shape index (κ1) is 19.2. The smallest absolute Gasteiger partial charge is 0.257 e. The molecule has 0 unspecified atom stereocenters. The number of aldehydes is 1. The number of carbonyl (C=O) groups excluding carboxylic acids is 1. The first-order chi connectivity index (χ1) is 14.4. The Kier molecular flexibility index (Phi) is 5.92. The third-order valence-corrected chi connectivity index (χ3v) is 4.49. The van der Waals surface area contributed by atoms with Crippen molar-refractivity contribution in [3.63, 3.8) is 0 Å². The molecule has 0 saturated carbocycles. The van der Waals surface area contributed by atoms with E-state index in [1.54, 1.807) is 36.5 Å². The number of nitrogens with zero attached hydrogens (tertiary/aromatic N) is 1. The van der Waals surface area contributed by atoms with Gasteiger partial charge in [0.15, 0.2) is 1.41 Å². The van der Waals surface area contributed by atoms with E-state index in [9.17, 15) is 24.9 Å². The molecule has 2 heterocycles. The Bertz CT molecular complexity index is 1080. The van der Waals surface area contributed by atoms with Gasteiger partial charge in [0.2, 0.25) is 0 Å². The van der Waals surface area contributed by atoms with E-state index in [4.69, 9.17) is 6.52 Å². The minimum Gasteiger partial charge on any atom is -0.394 e. The van der Waals surface area contributed by atoms with E-state index < -0.39 is 31.0 Å². The number of aromatic nitrogens is 2. The lowest BCUT2D eigenvalue weighted by Gasteiger charge is -2.26. The molecule has 0 fully saturated rings. The van der Waals surface area contributed by atoms with Gasteiger partial charge in [0.25, 0.3) is 5.56 Å². The molecule has 0 aliphatic heterocycles. The summed E-state index contributed by atoms with van der Waals surface area (Å²) in [6.45, 7) is -0.822. The van der Waals surface area contributed by atoms with Gasteiger partial charge in [-0.25, -0.2) is 0 Å². The number of carbonyl (C=O) groups is 1. The molecule has 29 heavy (non-hydrogen) atoms. The minimum absolute atomic E-state index is 0.158. The van der Waals surface area contributed by atoms with Crippen molar-refractivity contribution in [2.75, 3.05) is 11.9 Å². The zero-order valence-corrected chi connectivity index (χ0v) is 15.2. The van der Waals surface area contributed by atoms with E-state index in [1.165, 1.54) is 12.1 Å². The van der Waals surface area contributed by atoms with Gasteiger partial charge in [-0.3, -0.25) is 9.78 Å². The van der Waals surface area contributed by atoms with E-state index in [2.05, 4.69) is 9.97 Å². The number of aromatic amines is 1. The van der Waals surface area contributed by atoms with Crippen LogP contribution in [0.2, 0.25) is 1.41 Å². The van der Waals surface area contributed by atoms with E-state index >= 15 is 0 Å². The average molecular weight is 400 g/mol. The van der Waals surface area contributed by atoms with E-state index in [0.29, 0.717) is 27.5 Å². The van der Waals surface area contributed by atoms with Gasteiger partial charge in [0.05, 0.1) is 23.4 Å². The van der Waals surface area contributed by atoms with Crippen molar-refractivity contribution in [1.29, 1.82) is 0 Å². The molecule has 152 valence electrons. The topological polar surface area (TPSA) is 156 Å².